The van der Waals surface area contributed by atoms with Gasteiger partial charge in [-0.15, -0.1) is 0 Å². The van der Waals surface area contributed by atoms with E-state index in [4.69, 9.17) is 9.97 Å². The molecule has 0 unspecified atom stereocenters. The van der Waals surface area contributed by atoms with Gasteiger partial charge in [0.1, 0.15) is 11.5 Å². The zero-order chi connectivity index (χ0) is 24.5. The number of rotatable bonds is 6. The predicted molar refractivity (Wildman–Crippen MR) is 141 cm³/mol. The van der Waals surface area contributed by atoms with Gasteiger partial charge < -0.3 is 14.9 Å². The third-order valence-electron chi connectivity index (χ3n) is 8.11. The molecule has 188 valence electrons. The van der Waals surface area contributed by atoms with Crippen LogP contribution in [0.1, 0.15) is 80.7 Å². The van der Waals surface area contributed by atoms with Crippen molar-refractivity contribution in [3.8, 4) is 0 Å². The first-order valence-electron chi connectivity index (χ1n) is 13.3. The van der Waals surface area contributed by atoms with Gasteiger partial charge in [0.15, 0.2) is 0 Å². The van der Waals surface area contributed by atoms with Crippen LogP contribution in [0.4, 0.5) is 5.82 Å². The van der Waals surface area contributed by atoms with Crippen LogP contribution in [0.5, 0.6) is 0 Å². The SMILES string of the molecule is CCN1CCN(c2cccc3nc([C@H]4CCC[C@@H](c5ncccc5C(C)C)N4C)c(CO)n23)CC1. The van der Waals surface area contributed by atoms with Gasteiger partial charge in [-0.05, 0) is 62.5 Å². The summed E-state index contributed by atoms with van der Waals surface area (Å²) in [6, 6.07) is 11.0. The summed E-state index contributed by atoms with van der Waals surface area (Å²) in [6.45, 7) is 11.9. The number of pyridine rings is 2. The number of aliphatic hydroxyl groups excluding tert-OH is 1. The second-order valence-electron chi connectivity index (χ2n) is 10.4. The highest BCUT2D eigenvalue weighted by atomic mass is 16.3. The maximum atomic E-state index is 10.6. The molecule has 1 N–H and O–H groups in total. The number of likely N-dealkylation sites (tertiary alicyclic amines) is 1. The first-order valence-corrected chi connectivity index (χ1v) is 13.3. The third kappa shape index (κ3) is 4.46. The molecule has 0 radical (unpaired) electrons. The Bertz CT molecular complexity index is 1150. The van der Waals surface area contributed by atoms with E-state index in [2.05, 4.69) is 71.2 Å². The highest BCUT2D eigenvalue weighted by Gasteiger charge is 2.35. The summed E-state index contributed by atoms with van der Waals surface area (Å²) < 4.78 is 2.20. The molecule has 0 saturated carbocycles. The second-order valence-corrected chi connectivity index (χ2v) is 10.4. The Hall–Kier alpha value is -2.48. The maximum Gasteiger partial charge on any atom is 0.138 e. The van der Waals surface area contributed by atoms with Gasteiger partial charge >= 0.3 is 0 Å². The smallest absolute Gasteiger partial charge is 0.138 e. The van der Waals surface area contributed by atoms with E-state index in [1.165, 1.54) is 11.3 Å². The zero-order valence-corrected chi connectivity index (χ0v) is 21.7. The minimum Gasteiger partial charge on any atom is -0.390 e. The quantitative estimate of drug-likeness (QED) is 0.570. The molecule has 2 aliphatic rings. The van der Waals surface area contributed by atoms with Crippen molar-refractivity contribution in [3.05, 3.63) is 59.2 Å². The normalized spacial score (nSPS) is 22.4. The summed E-state index contributed by atoms with van der Waals surface area (Å²) in [4.78, 5) is 17.4. The summed E-state index contributed by atoms with van der Waals surface area (Å²) in [5.41, 5.74) is 5.39. The summed E-state index contributed by atoms with van der Waals surface area (Å²) in [7, 11) is 2.21. The minimum absolute atomic E-state index is 0.0156. The lowest BCUT2D eigenvalue weighted by atomic mass is 9.88. The molecule has 0 bridgehead atoms. The van der Waals surface area contributed by atoms with Crippen LogP contribution in [0.15, 0.2) is 36.5 Å². The van der Waals surface area contributed by atoms with Crippen molar-refractivity contribution >= 4 is 11.5 Å². The van der Waals surface area contributed by atoms with Crippen LogP contribution < -0.4 is 4.90 Å². The number of fused-ring (bicyclic) bond motifs is 1. The van der Waals surface area contributed by atoms with Gasteiger partial charge in [0, 0.05) is 32.4 Å². The number of nitrogens with zero attached hydrogens (tertiary/aromatic N) is 6. The predicted octanol–water partition coefficient (Wildman–Crippen LogP) is 4.39. The van der Waals surface area contributed by atoms with Gasteiger partial charge in [-0.3, -0.25) is 14.3 Å². The van der Waals surface area contributed by atoms with E-state index in [1.54, 1.807) is 0 Å². The van der Waals surface area contributed by atoms with Crippen LogP contribution >= 0.6 is 0 Å². The highest BCUT2D eigenvalue weighted by molar-refractivity contribution is 5.55. The van der Waals surface area contributed by atoms with Gasteiger partial charge in [0.25, 0.3) is 0 Å². The Balaban J connectivity index is 1.51. The molecule has 35 heavy (non-hydrogen) atoms. The van der Waals surface area contributed by atoms with Gasteiger partial charge in [-0.25, -0.2) is 4.98 Å². The van der Waals surface area contributed by atoms with Crippen molar-refractivity contribution in [2.75, 3.05) is 44.7 Å². The van der Waals surface area contributed by atoms with Crippen LogP contribution in [0.2, 0.25) is 0 Å². The van der Waals surface area contributed by atoms with Crippen LogP contribution in [0.3, 0.4) is 0 Å². The minimum atomic E-state index is -0.0156. The number of likely N-dealkylation sites (N-methyl/N-ethyl adjacent to an activating group) is 1. The monoisotopic (exact) mass is 476 g/mol. The summed E-state index contributed by atoms with van der Waals surface area (Å²) in [5, 5.41) is 10.6. The van der Waals surface area contributed by atoms with E-state index in [9.17, 15) is 5.11 Å². The first kappa shape index (κ1) is 24.2. The zero-order valence-electron chi connectivity index (χ0n) is 21.7. The van der Waals surface area contributed by atoms with E-state index < -0.39 is 0 Å². The molecule has 0 spiro atoms. The largest absolute Gasteiger partial charge is 0.390 e. The number of aliphatic hydroxyl groups is 1. The van der Waals surface area contributed by atoms with Crippen LogP contribution in [0, 0.1) is 0 Å². The number of hydrogen-bond donors (Lipinski definition) is 1. The molecule has 2 aliphatic heterocycles. The Kier molecular flexibility index (Phi) is 7.09. The fourth-order valence-electron chi connectivity index (χ4n) is 6.10. The Morgan fingerprint density at radius 3 is 2.43 bits per heavy atom. The maximum absolute atomic E-state index is 10.6. The molecule has 2 atom stereocenters. The number of imidazole rings is 1. The van der Waals surface area contributed by atoms with Crippen molar-refractivity contribution < 1.29 is 5.11 Å². The molecule has 0 amide bonds. The van der Waals surface area contributed by atoms with E-state index in [0.717, 1.165) is 74.8 Å². The number of hydrogen-bond acceptors (Lipinski definition) is 6. The molecular weight excluding hydrogens is 436 g/mol. The lowest BCUT2D eigenvalue weighted by Crippen LogP contribution is -2.46. The van der Waals surface area contributed by atoms with Gasteiger partial charge in [0.2, 0.25) is 0 Å². The van der Waals surface area contributed by atoms with Crippen molar-refractivity contribution in [1.82, 2.24) is 24.2 Å². The lowest BCUT2D eigenvalue weighted by Gasteiger charge is -2.40. The van der Waals surface area contributed by atoms with Crippen LogP contribution in [-0.4, -0.2) is 69.0 Å². The summed E-state index contributed by atoms with van der Waals surface area (Å²) in [6.07, 6.45) is 5.18. The van der Waals surface area contributed by atoms with Crippen molar-refractivity contribution in [2.45, 2.75) is 64.6 Å². The number of piperidine rings is 1. The molecule has 2 saturated heterocycles. The molecule has 7 nitrogen and oxygen atoms in total. The molecule has 2 fully saturated rings. The van der Waals surface area contributed by atoms with Gasteiger partial charge in [-0.2, -0.15) is 0 Å². The van der Waals surface area contributed by atoms with Gasteiger partial charge in [-0.1, -0.05) is 32.9 Å². The van der Waals surface area contributed by atoms with Crippen molar-refractivity contribution in [1.29, 1.82) is 0 Å². The van der Waals surface area contributed by atoms with E-state index in [0.29, 0.717) is 5.92 Å². The molecule has 7 heteroatoms. The summed E-state index contributed by atoms with van der Waals surface area (Å²) in [5.74, 6) is 1.58. The lowest BCUT2D eigenvalue weighted by molar-refractivity contribution is 0.107. The average molecular weight is 477 g/mol. The molecule has 5 heterocycles. The van der Waals surface area contributed by atoms with Gasteiger partial charge in [0.05, 0.1) is 35.8 Å². The highest BCUT2D eigenvalue weighted by Crippen LogP contribution is 2.42. The fraction of sp³-hybridized carbons (Fsp3) is 0.571. The Labute approximate surface area is 209 Å². The Morgan fingerprint density at radius 1 is 1.00 bits per heavy atom. The first-order chi connectivity index (χ1) is 17.0. The molecular formula is C28H40N6O. The topological polar surface area (TPSA) is 60.1 Å². The van der Waals surface area contributed by atoms with Crippen LogP contribution in [-0.2, 0) is 6.61 Å². The van der Waals surface area contributed by atoms with E-state index in [1.807, 2.05) is 12.3 Å². The number of piperazine rings is 1. The Morgan fingerprint density at radius 2 is 1.74 bits per heavy atom. The molecule has 0 aliphatic carbocycles. The average Bonchev–Trinajstić information content (AvgIpc) is 3.27. The molecule has 5 rings (SSSR count). The number of aromatic nitrogens is 3. The fourth-order valence-corrected chi connectivity index (χ4v) is 6.10. The molecule has 3 aromatic heterocycles. The molecule has 3 aromatic rings. The second kappa shape index (κ2) is 10.2. The number of anilines is 1. The van der Waals surface area contributed by atoms with E-state index >= 15 is 0 Å². The summed E-state index contributed by atoms with van der Waals surface area (Å²) >= 11 is 0. The van der Waals surface area contributed by atoms with E-state index in [-0.39, 0.29) is 18.7 Å². The van der Waals surface area contributed by atoms with Crippen molar-refractivity contribution in [2.24, 2.45) is 0 Å². The standard InChI is InChI=1S/C28H40N6O/c1-5-32-15-17-33(18-16-32)26-13-7-12-25-30-28(24(19-35)34(25)26)23-11-6-10-22(31(23)4)27-21(20(2)3)9-8-14-29-27/h7-9,12-14,20,22-23,35H,5-6,10-11,15-19H2,1-4H3/t22-,23+/m0/s1. The van der Waals surface area contributed by atoms with Crippen molar-refractivity contribution in [3.63, 3.8) is 0 Å². The molecule has 0 aromatic carbocycles. The third-order valence-corrected chi connectivity index (χ3v) is 8.11. The van der Waals surface area contributed by atoms with Crippen LogP contribution in [0.25, 0.3) is 5.65 Å².